The largest absolute Gasteiger partial charge is 0.480 e. The molecule has 14 heteroatoms. The van der Waals surface area contributed by atoms with Gasteiger partial charge in [0, 0.05) is 0 Å². The highest BCUT2D eigenvalue weighted by Crippen LogP contribution is 2.32. The number of anilines is 1. The van der Waals surface area contributed by atoms with Crippen molar-refractivity contribution in [1.82, 2.24) is 24.8 Å². The number of carbonyl (C=O) groups excluding carboxylic acids is 1. The number of nitrogens with zero attached hydrogens (tertiary/aromatic N) is 4. The normalized spacial score (nSPS) is 26.2. The van der Waals surface area contributed by atoms with Crippen molar-refractivity contribution in [3.63, 3.8) is 0 Å². The average molecular weight is 412 g/mol. The maximum atomic E-state index is 12.1. The van der Waals surface area contributed by atoms with Crippen LogP contribution in [-0.2, 0) is 9.53 Å². The summed E-state index contributed by atoms with van der Waals surface area (Å²) in [5, 5.41) is 52.2. The number of amides is 2. The fourth-order valence-electron chi connectivity index (χ4n) is 2.91. The van der Waals surface area contributed by atoms with Crippen molar-refractivity contribution in [1.29, 1.82) is 0 Å². The molecular formula is C15H20N6O8. The predicted molar refractivity (Wildman–Crippen MR) is 93.6 cm³/mol. The highest BCUT2D eigenvalue weighted by molar-refractivity contribution is 5.97. The highest BCUT2D eigenvalue weighted by atomic mass is 16.6. The van der Waals surface area contributed by atoms with Gasteiger partial charge in [-0.25, -0.2) is 24.5 Å². The number of ether oxygens (including phenoxy) is 1. The molecule has 14 nitrogen and oxygen atoms in total. The van der Waals surface area contributed by atoms with Crippen LogP contribution in [0.2, 0.25) is 0 Å². The number of urea groups is 1. The van der Waals surface area contributed by atoms with E-state index in [0.29, 0.717) is 0 Å². The van der Waals surface area contributed by atoms with E-state index < -0.39 is 55.3 Å². The Kier molecular flexibility index (Phi) is 5.90. The number of hydrogen-bond donors (Lipinski definition) is 7. The molecule has 158 valence electrons. The van der Waals surface area contributed by atoms with Gasteiger partial charge in [0.15, 0.2) is 29.3 Å². The van der Waals surface area contributed by atoms with Gasteiger partial charge in [0.2, 0.25) is 0 Å². The van der Waals surface area contributed by atoms with Crippen molar-refractivity contribution in [2.24, 2.45) is 0 Å². The van der Waals surface area contributed by atoms with Crippen LogP contribution in [0.3, 0.4) is 0 Å². The zero-order valence-electron chi connectivity index (χ0n) is 15.1. The maximum Gasteiger partial charge on any atom is 0.328 e. The van der Waals surface area contributed by atoms with E-state index in [2.05, 4.69) is 25.6 Å². The second kappa shape index (κ2) is 8.22. The number of fused-ring (bicyclic) bond motifs is 1. The Balaban J connectivity index is 1.83. The number of aliphatic hydroxyl groups excluding tert-OH is 4. The third-order valence-corrected chi connectivity index (χ3v) is 4.42. The number of carboxylic acids is 1. The van der Waals surface area contributed by atoms with Crippen molar-refractivity contribution in [2.75, 3.05) is 11.9 Å². The van der Waals surface area contributed by atoms with Gasteiger partial charge < -0.3 is 35.6 Å². The molecule has 2 aromatic rings. The molecule has 1 fully saturated rings. The SMILES string of the molecule is CC(O)C(NC(=O)Nc1ncnc2c1ncn2[C@@H]1O[C@H](CO)C(O)C1O)C(=O)O. The first kappa shape index (κ1) is 20.8. The summed E-state index contributed by atoms with van der Waals surface area (Å²) in [5.74, 6) is -1.48. The molecule has 1 aliphatic rings. The molecule has 0 radical (unpaired) electrons. The Labute approximate surface area is 162 Å². The minimum absolute atomic E-state index is 0.0623. The third-order valence-electron chi connectivity index (χ3n) is 4.42. The summed E-state index contributed by atoms with van der Waals surface area (Å²) < 4.78 is 6.74. The maximum absolute atomic E-state index is 12.1. The molecule has 1 saturated heterocycles. The van der Waals surface area contributed by atoms with Crippen LogP contribution >= 0.6 is 0 Å². The van der Waals surface area contributed by atoms with Crippen molar-refractivity contribution in [2.45, 2.75) is 43.6 Å². The summed E-state index contributed by atoms with van der Waals surface area (Å²) in [6.07, 6.45) is -3.75. The van der Waals surface area contributed by atoms with E-state index in [-0.39, 0.29) is 17.0 Å². The lowest BCUT2D eigenvalue weighted by Gasteiger charge is -2.17. The van der Waals surface area contributed by atoms with E-state index in [1.54, 1.807) is 0 Å². The first-order valence-electron chi connectivity index (χ1n) is 8.53. The fraction of sp³-hybridized carbons (Fsp3) is 0.533. The molecule has 6 atom stereocenters. The topological polar surface area (TPSA) is 212 Å². The molecule has 1 aliphatic heterocycles. The molecule has 0 bridgehead atoms. The number of hydrogen-bond acceptors (Lipinski definition) is 10. The third kappa shape index (κ3) is 3.96. The zero-order chi connectivity index (χ0) is 21.3. The molecule has 7 N–H and O–H groups in total. The van der Waals surface area contributed by atoms with Gasteiger partial charge in [0.05, 0.1) is 19.0 Å². The lowest BCUT2D eigenvalue weighted by atomic mass is 10.1. The van der Waals surface area contributed by atoms with Gasteiger partial charge in [0.1, 0.15) is 24.6 Å². The van der Waals surface area contributed by atoms with Crippen LogP contribution in [0.15, 0.2) is 12.7 Å². The van der Waals surface area contributed by atoms with Gasteiger partial charge in [-0.3, -0.25) is 9.88 Å². The van der Waals surface area contributed by atoms with Gasteiger partial charge in [-0.15, -0.1) is 0 Å². The van der Waals surface area contributed by atoms with E-state index >= 15 is 0 Å². The van der Waals surface area contributed by atoms with E-state index in [0.717, 1.165) is 6.33 Å². The number of nitrogens with one attached hydrogen (secondary N) is 2. The van der Waals surface area contributed by atoms with Crippen LogP contribution in [0.4, 0.5) is 10.6 Å². The van der Waals surface area contributed by atoms with Crippen molar-refractivity contribution >= 4 is 29.0 Å². The molecule has 0 aromatic carbocycles. The number of imidazole rings is 1. The van der Waals surface area contributed by atoms with E-state index in [4.69, 9.17) is 9.84 Å². The fourth-order valence-corrected chi connectivity index (χ4v) is 2.91. The molecular weight excluding hydrogens is 392 g/mol. The first-order chi connectivity index (χ1) is 13.7. The Hall–Kier alpha value is -2.91. The summed E-state index contributed by atoms with van der Waals surface area (Å²) >= 11 is 0. The minimum Gasteiger partial charge on any atom is -0.480 e. The van der Waals surface area contributed by atoms with Crippen LogP contribution < -0.4 is 10.6 Å². The molecule has 3 rings (SSSR count). The smallest absolute Gasteiger partial charge is 0.328 e. The second-order valence-corrected chi connectivity index (χ2v) is 6.43. The molecule has 29 heavy (non-hydrogen) atoms. The molecule has 2 aromatic heterocycles. The summed E-state index contributed by atoms with van der Waals surface area (Å²) in [7, 11) is 0. The van der Waals surface area contributed by atoms with Crippen LogP contribution in [-0.4, -0.2) is 94.1 Å². The van der Waals surface area contributed by atoms with Gasteiger partial charge in [-0.2, -0.15) is 0 Å². The molecule has 0 spiro atoms. The average Bonchev–Trinajstić information content (AvgIpc) is 3.21. The summed E-state index contributed by atoms with van der Waals surface area (Å²) in [4.78, 5) is 35.2. The van der Waals surface area contributed by atoms with E-state index in [9.17, 15) is 30.0 Å². The van der Waals surface area contributed by atoms with E-state index in [1.807, 2.05) is 0 Å². The van der Waals surface area contributed by atoms with Gasteiger partial charge in [-0.05, 0) is 6.92 Å². The van der Waals surface area contributed by atoms with Crippen LogP contribution in [0.5, 0.6) is 0 Å². The molecule has 3 heterocycles. The van der Waals surface area contributed by atoms with Crippen LogP contribution in [0.25, 0.3) is 11.2 Å². The lowest BCUT2D eigenvalue weighted by molar-refractivity contribution is -0.141. The summed E-state index contributed by atoms with van der Waals surface area (Å²) in [5.41, 5.74) is 0.250. The minimum atomic E-state index is -1.54. The van der Waals surface area contributed by atoms with Crippen molar-refractivity contribution in [3.8, 4) is 0 Å². The van der Waals surface area contributed by atoms with E-state index in [1.165, 1.54) is 17.8 Å². The monoisotopic (exact) mass is 412 g/mol. The molecule has 0 saturated carbocycles. The van der Waals surface area contributed by atoms with Crippen LogP contribution in [0.1, 0.15) is 13.2 Å². The Morgan fingerprint density at radius 1 is 1.28 bits per heavy atom. The van der Waals surface area contributed by atoms with Gasteiger partial charge >= 0.3 is 12.0 Å². The Morgan fingerprint density at radius 2 is 2.00 bits per heavy atom. The number of aliphatic hydroxyl groups is 4. The number of rotatable bonds is 6. The summed E-state index contributed by atoms with van der Waals surface area (Å²) in [6.45, 7) is 0.710. The molecule has 0 aliphatic carbocycles. The number of aromatic nitrogens is 4. The quantitative estimate of drug-likeness (QED) is 0.261. The summed E-state index contributed by atoms with van der Waals surface area (Å²) in [6, 6.07) is -2.48. The van der Waals surface area contributed by atoms with Gasteiger partial charge in [-0.1, -0.05) is 0 Å². The zero-order valence-corrected chi connectivity index (χ0v) is 15.1. The molecule has 4 unspecified atom stereocenters. The number of aliphatic carboxylic acids is 1. The number of carbonyl (C=O) groups is 2. The second-order valence-electron chi connectivity index (χ2n) is 6.43. The standard InChI is InChI=1S/C15H20N6O8/c1-5(23)7(14(26)27)19-15(28)20-11-8-12(17-3-16-11)21(4-18-8)13-10(25)9(24)6(2-22)29-13/h3-7,9-10,13,22-25H,2H2,1H3,(H,26,27)(H2,16,17,19,20,28)/t5?,6-,7?,9?,10?,13-/m1/s1. The Morgan fingerprint density at radius 3 is 2.59 bits per heavy atom. The van der Waals surface area contributed by atoms with Crippen molar-refractivity contribution < 1.29 is 39.9 Å². The number of carboxylic acid groups (broad SMARTS) is 1. The van der Waals surface area contributed by atoms with Crippen molar-refractivity contribution in [3.05, 3.63) is 12.7 Å². The van der Waals surface area contributed by atoms with Gasteiger partial charge in [0.25, 0.3) is 0 Å². The predicted octanol–water partition coefficient (Wildman–Crippen LogP) is -2.61. The highest BCUT2D eigenvalue weighted by Gasteiger charge is 2.44. The lowest BCUT2D eigenvalue weighted by Crippen LogP contribution is -2.49. The Bertz CT molecular complexity index is 904. The van der Waals surface area contributed by atoms with Crippen LogP contribution in [0, 0.1) is 0 Å². The first-order valence-corrected chi connectivity index (χ1v) is 8.53. The molecule has 2 amide bonds.